The van der Waals surface area contributed by atoms with Gasteiger partial charge in [0, 0.05) is 36.4 Å². The van der Waals surface area contributed by atoms with Crippen molar-refractivity contribution in [2.75, 3.05) is 13.1 Å². The van der Waals surface area contributed by atoms with Crippen LogP contribution in [0.1, 0.15) is 30.3 Å². The number of thiophene rings is 1. The van der Waals surface area contributed by atoms with Crippen molar-refractivity contribution in [2.24, 2.45) is 0 Å². The molecule has 118 valence electrons. The van der Waals surface area contributed by atoms with Crippen molar-refractivity contribution in [2.45, 2.75) is 38.9 Å². The molecule has 0 aliphatic carbocycles. The summed E-state index contributed by atoms with van der Waals surface area (Å²) in [4.78, 5) is 15.8. The molecular weight excluding hydrogens is 296 g/mol. The van der Waals surface area contributed by atoms with Crippen LogP contribution in [0.15, 0.2) is 29.9 Å². The summed E-state index contributed by atoms with van der Waals surface area (Å²) in [5.74, 6) is 0.177. The summed E-state index contributed by atoms with van der Waals surface area (Å²) in [6, 6.07) is 4.45. The lowest BCUT2D eigenvalue weighted by Crippen LogP contribution is -2.44. The number of hydrogen-bond donors (Lipinski definition) is 1. The van der Waals surface area contributed by atoms with Crippen LogP contribution in [0.2, 0.25) is 0 Å². The van der Waals surface area contributed by atoms with Crippen molar-refractivity contribution in [1.29, 1.82) is 0 Å². The molecule has 2 atom stereocenters. The second-order valence-corrected chi connectivity index (χ2v) is 6.83. The van der Waals surface area contributed by atoms with Gasteiger partial charge >= 0.3 is 0 Å². The third-order valence-electron chi connectivity index (χ3n) is 4.40. The van der Waals surface area contributed by atoms with Crippen LogP contribution in [0.4, 0.5) is 0 Å². The molecule has 3 rings (SSSR count). The standard InChI is InChI=1S/C16H22N4OS/c1-12(13(2)20-7-3-6-18-20)17-10-16(21)19-8-4-15-14(11-19)5-9-22-15/h3,5-7,9,12-13,17H,4,8,10-11H2,1-2H3. The summed E-state index contributed by atoms with van der Waals surface area (Å²) >= 11 is 1.80. The van der Waals surface area contributed by atoms with Crippen molar-refractivity contribution < 1.29 is 4.79 Å². The highest BCUT2D eigenvalue weighted by molar-refractivity contribution is 7.10. The minimum atomic E-state index is 0.177. The number of carbonyl (C=O) groups is 1. The Hall–Kier alpha value is -1.66. The first-order chi connectivity index (χ1) is 10.6. The second-order valence-electron chi connectivity index (χ2n) is 5.83. The SMILES string of the molecule is CC(NCC(=O)N1CCc2sccc2C1)C(C)n1cccn1. The molecule has 1 N–H and O–H groups in total. The number of carbonyl (C=O) groups excluding carboxylic acids is 1. The Balaban J connectivity index is 1.50. The number of hydrogen-bond acceptors (Lipinski definition) is 4. The van der Waals surface area contributed by atoms with E-state index >= 15 is 0 Å². The Labute approximate surface area is 134 Å². The molecular formula is C16H22N4OS. The van der Waals surface area contributed by atoms with Crippen molar-refractivity contribution in [3.8, 4) is 0 Å². The Morgan fingerprint density at radius 1 is 1.50 bits per heavy atom. The van der Waals surface area contributed by atoms with E-state index in [1.807, 2.05) is 21.8 Å². The van der Waals surface area contributed by atoms with Crippen LogP contribution in [-0.4, -0.2) is 39.7 Å². The minimum absolute atomic E-state index is 0.177. The van der Waals surface area contributed by atoms with Crippen LogP contribution < -0.4 is 5.32 Å². The van der Waals surface area contributed by atoms with Crippen LogP contribution in [-0.2, 0) is 17.8 Å². The molecule has 2 unspecified atom stereocenters. The molecule has 5 nitrogen and oxygen atoms in total. The van der Waals surface area contributed by atoms with Crippen molar-refractivity contribution in [3.05, 3.63) is 40.3 Å². The topological polar surface area (TPSA) is 50.2 Å². The average molecular weight is 318 g/mol. The predicted molar refractivity (Wildman–Crippen MR) is 87.8 cm³/mol. The monoisotopic (exact) mass is 318 g/mol. The van der Waals surface area contributed by atoms with Crippen molar-refractivity contribution in [3.63, 3.8) is 0 Å². The summed E-state index contributed by atoms with van der Waals surface area (Å²) in [6.45, 7) is 6.16. The number of amides is 1. The Bertz CT molecular complexity index is 622. The number of fused-ring (bicyclic) bond motifs is 1. The first kappa shape index (κ1) is 15.2. The van der Waals surface area contributed by atoms with Gasteiger partial charge in [0.2, 0.25) is 5.91 Å². The second kappa shape index (κ2) is 6.62. The van der Waals surface area contributed by atoms with Crippen LogP contribution >= 0.6 is 11.3 Å². The lowest BCUT2D eigenvalue weighted by molar-refractivity contribution is -0.131. The molecule has 0 spiro atoms. The van der Waals surface area contributed by atoms with Crippen LogP contribution in [0, 0.1) is 0 Å². The van der Waals surface area contributed by atoms with Gasteiger partial charge < -0.3 is 10.2 Å². The Morgan fingerprint density at radius 3 is 3.14 bits per heavy atom. The fourth-order valence-corrected chi connectivity index (χ4v) is 3.63. The van der Waals surface area contributed by atoms with Gasteiger partial charge in [-0.3, -0.25) is 9.48 Å². The normalized spacial score (nSPS) is 17.1. The zero-order valence-electron chi connectivity index (χ0n) is 13.0. The third-order valence-corrected chi connectivity index (χ3v) is 5.42. The van der Waals surface area contributed by atoms with Crippen molar-refractivity contribution >= 4 is 17.2 Å². The van der Waals surface area contributed by atoms with Gasteiger partial charge in [0.25, 0.3) is 0 Å². The smallest absolute Gasteiger partial charge is 0.236 e. The number of rotatable bonds is 5. The van der Waals surface area contributed by atoms with Crippen LogP contribution in [0.5, 0.6) is 0 Å². The van der Waals surface area contributed by atoms with Crippen LogP contribution in [0.3, 0.4) is 0 Å². The lowest BCUT2D eigenvalue weighted by Gasteiger charge is -2.28. The minimum Gasteiger partial charge on any atom is -0.337 e. The van der Waals surface area contributed by atoms with E-state index in [0.717, 1.165) is 19.5 Å². The van der Waals surface area contributed by atoms with Gasteiger partial charge in [-0.05, 0) is 43.3 Å². The van der Waals surface area contributed by atoms with E-state index in [2.05, 4.69) is 35.7 Å². The fourth-order valence-electron chi connectivity index (χ4n) is 2.74. The molecule has 1 aliphatic heterocycles. The summed E-state index contributed by atoms with van der Waals surface area (Å²) in [5.41, 5.74) is 1.31. The molecule has 0 saturated carbocycles. The molecule has 0 saturated heterocycles. The first-order valence-corrected chi connectivity index (χ1v) is 8.58. The Kier molecular flexibility index (Phi) is 4.59. The predicted octanol–water partition coefficient (Wildman–Crippen LogP) is 2.07. The first-order valence-electron chi connectivity index (χ1n) is 7.70. The highest BCUT2D eigenvalue weighted by atomic mass is 32.1. The highest BCUT2D eigenvalue weighted by Gasteiger charge is 2.22. The molecule has 6 heteroatoms. The molecule has 2 aromatic heterocycles. The van der Waals surface area contributed by atoms with E-state index in [1.165, 1.54) is 10.4 Å². The maximum Gasteiger partial charge on any atom is 0.236 e. The summed E-state index contributed by atoms with van der Waals surface area (Å²) in [7, 11) is 0. The van der Waals surface area contributed by atoms with E-state index in [0.29, 0.717) is 6.54 Å². The van der Waals surface area contributed by atoms with E-state index in [-0.39, 0.29) is 18.0 Å². The zero-order valence-corrected chi connectivity index (χ0v) is 13.8. The summed E-state index contributed by atoms with van der Waals surface area (Å²) in [6.07, 6.45) is 4.71. The molecule has 1 aliphatic rings. The van der Waals surface area contributed by atoms with Gasteiger partial charge in [-0.15, -0.1) is 11.3 Å². The van der Waals surface area contributed by atoms with Gasteiger partial charge in [0.05, 0.1) is 12.6 Å². The molecule has 0 aromatic carbocycles. The molecule has 1 amide bonds. The molecule has 0 fully saturated rings. The zero-order chi connectivity index (χ0) is 15.5. The van der Waals surface area contributed by atoms with Crippen molar-refractivity contribution in [1.82, 2.24) is 20.0 Å². The Morgan fingerprint density at radius 2 is 2.36 bits per heavy atom. The molecule has 3 heterocycles. The van der Waals surface area contributed by atoms with E-state index in [1.54, 1.807) is 17.5 Å². The molecule has 0 bridgehead atoms. The highest BCUT2D eigenvalue weighted by Crippen LogP contribution is 2.23. The quantitative estimate of drug-likeness (QED) is 0.918. The largest absolute Gasteiger partial charge is 0.337 e. The summed E-state index contributed by atoms with van der Waals surface area (Å²) in [5, 5.41) is 9.71. The number of aromatic nitrogens is 2. The van der Waals surface area contributed by atoms with Gasteiger partial charge in [-0.1, -0.05) is 0 Å². The summed E-state index contributed by atoms with van der Waals surface area (Å²) < 4.78 is 1.92. The maximum atomic E-state index is 12.4. The third kappa shape index (κ3) is 3.23. The van der Waals surface area contributed by atoms with Gasteiger partial charge in [-0.25, -0.2) is 0 Å². The number of nitrogens with zero attached hydrogens (tertiary/aromatic N) is 3. The molecule has 22 heavy (non-hydrogen) atoms. The average Bonchev–Trinajstić information content (AvgIpc) is 3.21. The fraction of sp³-hybridized carbons (Fsp3) is 0.500. The van der Waals surface area contributed by atoms with E-state index in [9.17, 15) is 4.79 Å². The van der Waals surface area contributed by atoms with Gasteiger partial charge in [0.15, 0.2) is 0 Å². The van der Waals surface area contributed by atoms with E-state index < -0.39 is 0 Å². The maximum absolute atomic E-state index is 12.4. The molecule has 0 radical (unpaired) electrons. The van der Waals surface area contributed by atoms with E-state index in [4.69, 9.17) is 0 Å². The lowest BCUT2D eigenvalue weighted by atomic mass is 10.1. The number of nitrogens with one attached hydrogen (secondary N) is 1. The van der Waals surface area contributed by atoms with Gasteiger partial charge in [0.1, 0.15) is 0 Å². The van der Waals surface area contributed by atoms with Crippen LogP contribution in [0.25, 0.3) is 0 Å². The van der Waals surface area contributed by atoms with Gasteiger partial charge in [-0.2, -0.15) is 5.10 Å². The molecule has 2 aromatic rings.